The fourth-order valence-electron chi connectivity index (χ4n) is 3.74. The largest absolute Gasteiger partial charge is 0.337 e. The zero-order valence-electron chi connectivity index (χ0n) is 17.6. The number of halogens is 1. The Morgan fingerprint density at radius 1 is 1.16 bits per heavy atom. The van der Waals surface area contributed by atoms with Crippen molar-refractivity contribution in [1.82, 2.24) is 4.57 Å². The predicted molar refractivity (Wildman–Crippen MR) is 136 cm³/mol. The molecule has 5 rings (SSSR count). The molecule has 0 saturated heterocycles. The van der Waals surface area contributed by atoms with Gasteiger partial charge in [0.1, 0.15) is 14.2 Å². The lowest BCUT2D eigenvalue weighted by Crippen LogP contribution is -2.36. The maximum absolute atomic E-state index is 13.3. The molecule has 0 spiro atoms. The van der Waals surface area contributed by atoms with Crippen LogP contribution in [0.1, 0.15) is 17.5 Å². The first kappa shape index (κ1) is 21.5. The Hall–Kier alpha value is -2.32. The van der Waals surface area contributed by atoms with Crippen molar-refractivity contribution in [2.45, 2.75) is 24.9 Å². The molecule has 4 nitrogen and oxygen atoms in total. The predicted octanol–water partition coefficient (Wildman–Crippen LogP) is 4.12. The second-order valence-electron chi connectivity index (χ2n) is 7.40. The molecule has 2 aromatic carbocycles. The minimum Gasteiger partial charge on any atom is -0.337 e. The Labute approximate surface area is 203 Å². The molecule has 0 saturated carbocycles. The Balaban J connectivity index is 1.61. The number of thioether (sulfide) groups is 1. The summed E-state index contributed by atoms with van der Waals surface area (Å²) >= 11 is 11.0. The average Bonchev–Trinajstić information content (AvgIpc) is 3.45. The van der Waals surface area contributed by atoms with Crippen molar-refractivity contribution >= 4 is 62.8 Å². The molecule has 32 heavy (non-hydrogen) atoms. The van der Waals surface area contributed by atoms with Gasteiger partial charge in [-0.05, 0) is 25.1 Å². The van der Waals surface area contributed by atoms with Crippen molar-refractivity contribution < 1.29 is 4.57 Å². The zero-order valence-corrected chi connectivity index (χ0v) is 20.8. The third kappa shape index (κ3) is 3.94. The van der Waals surface area contributed by atoms with Gasteiger partial charge in [-0.2, -0.15) is 4.57 Å². The van der Waals surface area contributed by atoms with Gasteiger partial charge in [0.15, 0.2) is 12.7 Å². The first-order valence-electron chi connectivity index (χ1n) is 10.2. The lowest BCUT2D eigenvalue weighted by atomic mass is 10.2. The van der Waals surface area contributed by atoms with Gasteiger partial charge in [-0.1, -0.05) is 65.0 Å². The lowest BCUT2D eigenvalue weighted by Gasteiger charge is -2.12. The van der Waals surface area contributed by atoms with Crippen LogP contribution in [0.2, 0.25) is 5.02 Å². The molecule has 162 valence electrons. The van der Waals surface area contributed by atoms with Crippen LogP contribution in [0.3, 0.4) is 0 Å². The summed E-state index contributed by atoms with van der Waals surface area (Å²) in [5.41, 5.74) is 2.39. The van der Waals surface area contributed by atoms with Crippen molar-refractivity contribution in [1.29, 1.82) is 0 Å². The first-order chi connectivity index (χ1) is 15.5. The lowest BCUT2D eigenvalue weighted by molar-refractivity contribution is -0.685. The van der Waals surface area contributed by atoms with E-state index in [0.29, 0.717) is 11.6 Å². The SMILES string of the molecule is CCn1c(=O)/c(=C2/Sc3cc(Cl)ccc3N2C)s/c1=C\c1scc[n+]1Cc1ccccc1. The molecule has 3 heterocycles. The maximum Gasteiger partial charge on any atom is 0.271 e. The van der Waals surface area contributed by atoms with Crippen molar-refractivity contribution in [2.24, 2.45) is 0 Å². The number of hydrogen-bond acceptors (Lipinski definition) is 5. The van der Waals surface area contributed by atoms with E-state index in [4.69, 9.17) is 11.6 Å². The number of aromatic nitrogens is 2. The van der Waals surface area contributed by atoms with E-state index in [2.05, 4.69) is 51.4 Å². The molecule has 8 heteroatoms. The van der Waals surface area contributed by atoms with Crippen LogP contribution >= 0.6 is 46.0 Å². The summed E-state index contributed by atoms with van der Waals surface area (Å²) in [6.07, 6.45) is 4.24. The van der Waals surface area contributed by atoms with E-state index in [9.17, 15) is 4.79 Å². The number of thiazole rings is 2. The highest BCUT2D eigenvalue weighted by molar-refractivity contribution is 8.08. The second kappa shape index (κ2) is 8.90. The van der Waals surface area contributed by atoms with Crippen LogP contribution in [-0.4, -0.2) is 11.6 Å². The Bertz CT molecular complexity index is 1470. The van der Waals surface area contributed by atoms with Gasteiger partial charge in [-0.25, -0.2) is 0 Å². The van der Waals surface area contributed by atoms with Crippen LogP contribution < -0.4 is 24.2 Å². The highest BCUT2D eigenvalue weighted by Gasteiger charge is 2.25. The third-order valence-electron chi connectivity index (χ3n) is 5.37. The molecule has 1 aliphatic rings. The smallest absolute Gasteiger partial charge is 0.271 e. The van der Waals surface area contributed by atoms with Crippen LogP contribution in [0.15, 0.2) is 69.8 Å². The number of rotatable bonds is 4. The van der Waals surface area contributed by atoms with E-state index in [1.54, 1.807) is 34.4 Å². The highest BCUT2D eigenvalue weighted by atomic mass is 35.5. The molecule has 0 fully saturated rings. The molecule has 0 bridgehead atoms. The van der Waals surface area contributed by atoms with E-state index in [0.717, 1.165) is 36.4 Å². The summed E-state index contributed by atoms with van der Waals surface area (Å²) in [4.78, 5) is 16.5. The molecule has 0 atom stereocenters. The van der Waals surface area contributed by atoms with Gasteiger partial charge in [-0.15, -0.1) is 11.3 Å². The first-order valence-corrected chi connectivity index (χ1v) is 13.1. The second-order valence-corrected chi connectivity index (χ2v) is 10.8. The van der Waals surface area contributed by atoms with Gasteiger partial charge in [0.2, 0.25) is 0 Å². The van der Waals surface area contributed by atoms with Gasteiger partial charge in [-0.3, -0.25) is 9.36 Å². The molecule has 1 aliphatic heterocycles. The molecule has 4 aromatic rings. The van der Waals surface area contributed by atoms with Crippen LogP contribution in [0, 0.1) is 0 Å². The highest BCUT2D eigenvalue weighted by Crippen LogP contribution is 2.46. The van der Waals surface area contributed by atoms with Gasteiger partial charge in [0, 0.05) is 29.1 Å². The van der Waals surface area contributed by atoms with E-state index in [-0.39, 0.29) is 5.56 Å². The van der Waals surface area contributed by atoms with Crippen molar-refractivity contribution in [3.63, 3.8) is 0 Å². The minimum absolute atomic E-state index is 0.0585. The van der Waals surface area contributed by atoms with Gasteiger partial charge >= 0.3 is 0 Å². The number of benzene rings is 2. The Morgan fingerprint density at radius 3 is 2.75 bits per heavy atom. The van der Waals surface area contributed by atoms with E-state index < -0.39 is 0 Å². The number of nitrogens with zero attached hydrogens (tertiary/aromatic N) is 3. The van der Waals surface area contributed by atoms with Gasteiger partial charge < -0.3 is 4.90 Å². The number of anilines is 1. The Kier molecular flexibility index (Phi) is 5.99. The summed E-state index contributed by atoms with van der Waals surface area (Å²) in [5.74, 6) is 0. The molecule has 0 aliphatic carbocycles. The number of fused-ring (bicyclic) bond motifs is 1. The van der Waals surface area contributed by atoms with Crippen LogP contribution in [-0.2, 0) is 13.1 Å². The summed E-state index contributed by atoms with van der Waals surface area (Å²) in [5, 5.41) is 4.88. The molecule has 0 radical (unpaired) electrons. The fraction of sp³-hybridized carbons (Fsp3) is 0.167. The maximum atomic E-state index is 13.3. The van der Waals surface area contributed by atoms with E-state index in [1.807, 2.05) is 42.8 Å². The number of hydrogen-bond donors (Lipinski definition) is 0. The van der Waals surface area contributed by atoms with Gasteiger partial charge in [0.25, 0.3) is 10.6 Å². The van der Waals surface area contributed by atoms with Gasteiger partial charge in [0.05, 0.1) is 17.1 Å². The van der Waals surface area contributed by atoms with Crippen molar-refractivity contribution in [3.05, 3.63) is 95.3 Å². The Morgan fingerprint density at radius 2 is 1.97 bits per heavy atom. The van der Waals surface area contributed by atoms with Crippen LogP contribution in [0.5, 0.6) is 0 Å². The monoisotopic (exact) mass is 498 g/mol. The standard InChI is InChI=1S/C24H21ClN3OS3/c1-3-28-21(14-20-27(11-12-30-20)15-16-7-5-4-6-8-16)32-22(23(28)29)24-26(2)18-10-9-17(25)13-19(18)31-24/h4-14H,3,15H2,1-2H3/q+1/b24-22-. The molecule has 0 unspecified atom stereocenters. The summed E-state index contributed by atoms with van der Waals surface area (Å²) in [6.45, 7) is 3.45. The van der Waals surface area contributed by atoms with E-state index >= 15 is 0 Å². The minimum atomic E-state index is 0.0585. The molecular formula is C24H21ClN3OS3+. The third-order valence-corrected chi connectivity index (χ3v) is 8.93. The average molecular weight is 499 g/mol. The summed E-state index contributed by atoms with van der Waals surface area (Å²) in [7, 11) is 2.01. The van der Waals surface area contributed by atoms with Crippen molar-refractivity contribution in [3.8, 4) is 0 Å². The topological polar surface area (TPSA) is 29.1 Å². The zero-order chi connectivity index (χ0) is 22.2. The summed E-state index contributed by atoms with van der Waals surface area (Å²) < 4.78 is 5.83. The normalized spacial score (nSPS) is 15.5. The molecule has 2 aromatic heterocycles. The van der Waals surface area contributed by atoms with Crippen LogP contribution in [0.25, 0.3) is 11.1 Å². The summed E-state index contributed by atoms with van der Waals surface area (Å²) in [6, 6.07) is 16.3. The molecule has 0 N–H and O–H groups in total. The quantitative estimate of drug-likeness (QED) is 0.396. The molecular weight excluding hydrogens is 478 g/mol. The fourth-order valence-corrected chi connectivity index (χ4v) is 7.34. The molecule has 0 amide bonds. The van der Waals surface area contributed by atoms with E-state index in [1.165, 1.54) is 5.56 Å². The van der Waals surface area contributed by atoms with Crippen molar-refractivity contribution in [2.75, 3.05) is 11.9 Å². The van der Waals surface area contributed by atoms with Crippen LogP contribution in [0.4, 0.5) is 5.69 Å².